The maximum absolute atomic E-state index is 10.8. The van der Waals surface area contributed by atoms with E-state index in [4.69, 9.17) is 11.0 Å². The molecule has 0 aliphatic heterocycles. The molecule has 90 valence electrons. The topological polar surface area (TPSA) is 79.8 Å². The Morgan fingerprint density at radius 3 is 2.65 bits per heavy atom. The minimum atomic E-state index is -0.407. The molecule has 1 aromatic heterocycles. The van der Waals surface area contributed by atoms with Crippen LogP contribution in [0.3, 0.4) is 0 Å². The molecule has 0 fully saturated rings. The van der Waals surface area contributed by atoms with Gasteiger partial charge in [-0.15, -0.1) is 0 Å². The number of thioether (sulfide) groups is 1. The molecule has 5 heteroatoms. The van der Waals surface area contributed by atoms with Gasteiger partial charge in [0.25, 0.3) is 0 Å². The van der Waals surface area contributed by atoms with Crippen LogP contribution in [0.15, 0.2) is 5.03 Å². The lowest BCUT2D eigenvalue weighted by Gasteiger charge is -2.12. The number of primary amides is 1. The number of nitrogens with zero attached hydrogens (tertiary/aromatic N) is 2. The van der Waals surface area contributed by atoms with Gasteiger partial charge in [0.05, 0.1) is 11.3 Å². The molecule has 1 rings (SSSR count). The van der Waals surface area contributed by atoms with Crippen molar-refractivity contribution in [3.05, 3.63) is 22.4 Å². The van der Waals surface area contributed by atoms with Crippen molar-refractivity contribution in [3.63, 3.8) is 0 Å². The number of nitriles is 1. The number of hydrogen-bond donors (Lipinski definition) is 1. The molecule has 0 aliphatic rings. The van der Waals surface area contributed by atoms with Crippen molar-refractivity contribution in [3.8, 4) is 6.07 Å². The summed E-state index contributed by atoms with van der Waals surface area (Å²) in [5.41, 5.74) is 8.62. The van der Waals surface area contributed by atoms with E-state index in [9.17, 15) is 4.79 Å². The van der Waals surface area contributed by atoms with Crippen LogP contribution in [0.1, 0.15) is 29.3 Å². The Balaban J connectivity index is 3.23. The van der Waals surface area contributed by atoms with Crippen molar-refractivity contribution in [2.75, 3.05) is 5.75 Å². The third-order valence-corrected chi connectivity index (χ3v) is 3.56. The fourth-order valence-corrected chi connectivity index (χ4v) is 2.58. The highest BCUT2D eigenvalue weighted by atomic mass is 32.2. The molecular weight excluding hydrogens is 234 g/mol. The second-order valence-corrected chi connectivity index (χ2v) is 4.67. The van der Waals surface area contributed by atoms with Gasteiger partial charge in [0.15, 0.2) is 0 Å². The zero-order valence-corrected chi connectivity index (χ0v) is 11.0. The third kappa shape index (κ3) is 2.98. The normalized spacial score (nSPS) is 10.0. The average Bonchev–Trinajstić information content (AvgIpc) is 2.26. The minimum absolute atomic E-state index is 0.145. The third-order valence-electron chi connectivity index (χ3n) is 2.56. The quantitative estimate of drug-likeness (QED) is 0.824. The van der Waals surface area contributed by atoms with Crippen LogP contribution < -0.4 is 5.73 Å². The Morgan fingerprint density at radius 1 is 1.53 bits per heavy atom. The van der Waals surface area contributed by atoms with Crippen LogP contribution in [-0.2, 0) is 11.2 Å². The SMILES string of the molecule is CCc1c(C)nc(SCC(N)=O)c(C#N)c1C. The summed E-state index contributed by atoms with van der Waals surface area (Å²) in [6.45, 7) is 5.87. The van der Waals surface area contributed by atoms with E-state index >= 15 is 0 Å². The van der Waals surface area contributed by atoms with Crippen LogP contribution in [0, 0.1) is 25.2 Å². The van der Waals surface area contributed by atoms with Gasteiger partial charge >= 0.3 is 0 Å². The molecule has 0 radical (unpaired) electrons. The van der Waals surface area contributed by atoms with E-state index in [0.717, 1.165) is 23.2 Å². The maximum Gasteiger partial charge on any atom is 0.227 e. The second-order valence-electron chi connectivity index (χ2n) is 3.70. The van der Waals surface area contributed by atoms with E-state index < -0.39 is 5.91 Å². The number of pyridine rings is 1. The summed E-state index contributed by atoms with van der Waals surface area (Å²) in [4.78, 5) is 15.1. The number of hydrogen-bond acceptors (Lipinski definition) is 4. The highest BCUT2D eigenvalue weighted by Crippen LogP contribution is 2.26. The molecule has 1 aromatic rings. The molecule has 0 spiro atoms. The summed E-state index contributed by atoms with van der Waals surface area (Å²) in [5, 5.41) is 9.75. The zero-order valence-electron chi connectivity index (χ0n) is 10.2. The number of carbonyl (C=O) groups excluding carboxylic acids is 1. The van der Waals surface area contributed by atoms with Crippen LogP contribution in [-0.4, -0.2) is 16.6 Å². The van der Waals surface area contributed by atoms with Crippen LogP contribution in [0.5, 0.6) is 0 Å². The summed E-state index contributed by atoms with van der Waals surface area (Å²) < 4.78 is 0. The highest BCUT2D eigenvalue weighted by Gasteiger charge is 2.14. The molecule has 1 amide bonds. The highest BCUT2D eigenvalue weighted by molar-refractivity contribution is 8.00. The van der Waals surface area contributed by atoms with Gasteiger partial charge in [-0.1, -0.05) is 18.7 Å². The second kappa shape index (κ2) is 5.69. The molecule has 0 saturated heterocycles. The zero-order chi connectivity index (χ0) is 13.0. The Labute approximate surface area is 105 Å². The predicted molar refractivity (Wildman–Crippen MR) is 67.7 cm³/mol. The van der Waals surface area contributed by atoms with Crippen molar-refractivity contribution in [1.29, 1.82) is 5.26 Å². The van der Waals surface area contributed by atoms with Crippen molar-refractivity contribution in [2.45, 2.75) is 32.2 Å². The molecule has 0 bridgehead atoms. The molecule has 17 heavy (non-hydrogen) atoms. The molecule has 0 aromatic carbocycles. The molecule has 0 atom stereocenters. The van der Waals surface area contributed by atoms with Gasteiger partial charge in [-0.3, -0.25) is 4.79 Å². The summed E-state index contributed by atoms with van der Waals surface area (Å²) >= 11 is 1.22. The van der Waals surface area contributed by atoms with Crippen LogP contribution >= 0.6 is 11.8 Å². The number of rotatable bonds is 4. The number of nitrogens with two attached hydrogens (primary N) is 1. The number of carbonyl (C=O) groups is 1. The molecule has 0 saturated carbocycles. The van der Waals surface area contributed by atoms with Crippen LogP contribution in [0.2, 0.25) is 0 Å². The fourth-order valence-electron chi connectivity index (χ4n) is 1.75. The van der Waals surface area contributed by atoms with Gasteiger partial charge in [0, 0.05) is 5.69 Å². The van der Waals surface area contributed by atoms with Gasteiger partial charge in [0.1, 0.15) is 11.1 Å². The first-order valence-electron chi connectivity index (χ1n) is 5.32. The van der Waals surface area contributed by atoms with Crippen molar-refractivity contribution in [2.24, 2.45) is 5.73 Å². The molecular formula is C12H15N3OS. The fraction of sp³-hybridized carbons (Fsp3) is 0.417. The number of aryl methyl sites for hydroxylation is 1. The van der Waals surface area contributed by atoms with Crippen molar-refractivity contribution < 1.29 is 4.79 Å². The van der Waals surface area contributed by atoms with Crippen molar-refractivity contribution >= 4 is 17.7 Å². The Bertz CT molecular complexity index is 492. The monoisotopic (exact) mass is 249 g/mol. The minimum Gasteiger partial charge on any atom is -0.369 e. The van der Waals surface area contributed by atoms with E-state index in [1.165, 1.54) is 11.8 Å². The summed E-state index contributed by atoms with van der Waals surface area (Å²) in [6.07, 6.45) is 0.847. The molecule has 0 aliphatic carbocycles. The van der Waals surface area contributed by atoms with E-state index in [1.54, 1.807) is 0 Å². The lowest BCUT2D eigenvalue weighted by atomic mass is 10.0. The molecule has 0 unspecified atom stereocenters. The lowest BCUT2D eigenvalue weighted by molar-refractivity contribution is -0.115. The first kappa shape index (κ1) is 13.5. The van der Waals surface area contributed by atoms with Gasteiger partial charge in [-0.05, 0) is 31.4 Å². The predicted octanol–water partition coefficient (Wildman–Crippen LogP) is 1.71. The van der Waals surface area contributed by atoms with E-state index in [-0.39, 0.29) is 5.75 Å². The maximum atomic E-state index is 10.8. The lowest BCUT2D eigenvalue weighted by Crippen LogP contribution is -2.13. The average molecular weight is 249 g/mol. The molecule has 4 nitrogen and oxygen atoms in total. The van der Waals surface area contributed by atoms with E-state index in [2.05, 4.69) is 11.1 Å². The first-order valence-corrected chi connectivity index (χ1v) is 6.31. The standard InChI is InChI=1S/C12H15N3OS/c1-4-9-7(2)10(5-13)12(15-8(9)3)17-6-11(14)16/h4,6H2,1-3H3,(H2,14,16). The van der Waals surface area contributed by atoms with Gasteiger partial charge < -0.3 is 5.73 Å². The molecule has 2 N–H and O–H groups in total. The Kier molecular flexibility index (Phi) is 4.53. The smallest absolute Gasteiger partial charge is 0.227 e. The molecule has 1 heterocycles. The van der Waals surface area contributed by atoms with Crippen molar-refractivity contribution in [1.82, 2.24) is 4.98 Å². The van der Waals surface area contributed by atoms with E-state index in [0.29, 0.717) is 10.6 Å². The number of aromatic nitrogens is 1. The van der Waals surface area contributed by atoms with Gasteiger partial charge in [0.2, 0.25) is 5.91 Å². The summed E-state index contributed by atoms with van der Waals surface area (Å²) in [6, 6.07) is 2.15. The van der Waals surface area contributed by atoms with Gasteiger partial charge in [-0.2, -0.15) is 5.26 Å². The number of amides is 1. The van der Waals surface area contributed by atoms with E-state index in [1.807, 2.05) is 20.8 Å². The van der Waals surface area contributed by atoms with Crippen LogP contribution in [0.4, 0.5) is 0 Å². The summed E-state index contributed by atoms with van der Waals surface area (Å²) in [7, 11) is 0. The summed E-state index contributed by atoms with van der Waals surface area (Å²) in [5.74, 6) is -0.262. The Hall–Kier alpha value is -1.54. The van der Waals surface area contributed by atoms with Gasteiger partial charge in [-0.25, -0.2) is 4.98 Å². The largest absolute Gasteiger partial charge is 0.369 e. The first-order chi connectivity index (χ1) is 8.01. The van der Waals surface area contributed by atoms with Crippen LogP contribution in [0.25, 0.3) is 0 Å². The Morgan fingerprint density at radius 2 is 2.18 bits per heavy atom.